The first-order chi connectivity index (χ1) is 11.1. The maximum absolute atomic E-state index is 14.3. The lowest BCUT2D eigenvalue weighted by molar-refractivity contribution is 0.0929. The van der Waals surface area contributed by atoms with Crippen molar-refractivity contribution in [2.75, 3.05) is 6.54 Å². The standard InChI is InChI=1S/C18H18ClFN2O.ClH/c19-14-6-3-11(4-7-14)13-5-8-15(16(20)9-13)18(23)22-17(10-21)12-1-2-12;/h3-9,12,17H,1-2,10,21H2,(H,22,23);1H. The molecule has 0 spiro atoms. The fraction of sp³-hybridized carbons (Fsp3) is 0.278. The van der Waals surface area contributed by atoms with Crippen molar-refractivity contribution >= 4 is 29.9 Å². The molecule has 0 heterocycles. The highest BCUT2D eigenvalue weighted by Crippen LogP contribution is 2.32. The molecule has 1 aliphatic carbocycles. The van der Waals surface area contributed by atoms with E-state index in [4.69, 9.17) is 17.3 Å². The van der Waals surface area contributed by atoms with E-state index in [9.17, 15) is 9.18 Å². The number of halogens is 3. The molecular weight excluding hydrogens is 350 g/mol. The van der Waals surface area contributed by atoms with Gasteiger partial charge in [-0.15, -0.1) is 12.4 Å². The van der Waals surface area contributed by atoms with Crippen molar-refractivity contribution in [3.63, 3.8) is 0 Å². The van der Waals surface area contributed by atoms with Crippen molar-refractivity contribution in [1.82, 2.24) is 5.32 Å². The summed E-state index contributed by atoms with van der Waals surface area (Å²) in [7, 11) is 0. The van der Waals surface area contributed by atoms with E-state index in [0.717, 1.165) is 18.4 Å². The zero-order valence-corrected chi connectivity index (χ0v) is 14.5. The van der Waals surface area contributed by atoms with Crippen molar-refractivity contribution < 1.29 is 9.18 Å². The minimum Gasteiger partial charge on any atom is -0.348 e. The van der Waals surface area contributed by atoms with Gasteiger partial charge in [-0.1, -0.05) is 29.8 Å². The van der Waals surface area contributed by atoms with Gasteiger partial charge >= 0.3 is 0 Å². The van der Waals surface area contributed by atoms with Crippen LogP contribution in [-0.2, 0) is 0 Å². The minimum absolute atomic E-state index is 0. The number of hydrogen-bond acceptors (Lipinski definition) is 2. The van der Waals surface area contributed by atoms with Crippen LogP contribution in [-0.4, -0.2) is 18.5 Å². The summed E-state index contributed by atoms with van der Waals surface area (Å²) in [5, 5.41) is 3.45. The number of hydrogen-bond donors (Lipinski definition) is 2. The molecule has 1 amide bonds. The lowest BCUT2D eigenvalue weighted by atomic mass is 10.0. The number of nitrogens with one attached hydrogen (secondary N) is 1. The van der Waals surface area contributed by atoms with Crippen LogP contribution < -0.4 is 11.1 Å². The first-order valence-electron chi connectivity index (χ1n) is 7.65. The third-order valence-corrected chi connectivity index (χ3v) is 4.40. The molecule has 3 rings (SSSR count). The fourth-order valence-electron chi connectivity index (χ4n) is 2.64. The third kappa shape index (κ3) is 4.26. The summed E-state index contributed by atoms with van der Waals surface area (Å²) in [6, 6.07) is 11.7. The molecule has 1 atom stereocenters. The second-order valence-corrected chi connectivity index (χ2v) is 6.29. The molecule has 0 radical (unpaired) electrons. The molecule has 2 aromatic rings. The topological polar surface area (TPSA) is 55.1 Å². The van der Waals surface area contributed by atoms with E-state index >= 15 is 0 Å². The molecule has 0 aliphatic heterocycles. The van der Waals surface area contributed by atoms with Gasteiger partial charge < -0.3 is 11.1 Å². The molecule has 0 bridgehead atoms. The second kappa shape index (κ2) is 7.97. The van der Waals surface area contributed by atoms with E-state index in [2.05, 4.69) is 5.32 Å². The van der Waals surface area contributed by atoms with Gasteiger partial charge in [-0.25, -0.2) is 4.39 Å². The Labute approximate surface area is 151 Å². The van der Waals surface area contributed by atoms with Crippen LogP contribution in [0.1, 0.15) is 23.2 Å². The van der Waals surface area contributed by atoms with Crippen LogP contribution in [0.3, 0.4) is 0 Å². The van der Waals surface area contributed by atoms with Crippen LogP contribution in [0.15, 0.2) is 42.5 Å². The van der Waals surface area contributed by atoms with E-state index in [1.54, 1.807) is 18.2 Å². The SMILES string of the molecule is Cl.NCC(NC(=O)c1ccc(-c2ccc(Cl)cc2)cc1F)C1CC1. The Morgan fingerprint density at radius 1 is 1.21 bits per heavy atom. The molecule has 24 heavy (non-hydrogen) atoms. The molecule has 1 aliphatic rings. The Balaban J connectivity index is 0.00000208. The summed E-state index contributed by atoms with van der Waals surface area (Å²) in [4.78, 5) is 12.2. The zero-order chi connectivity index (χ0) is 16.4. The maximum Gasteiger partial charge on any atom is 0.254 e. The van der Waals surface area contributed by atoms with Gasteiger partial charge in [0.05, 0.1) is 5.56 Å². The molecule has 3 nitrogen and oxygen atoms in total. The Morgan fingerprint density at radius 2 is 1.83 bits per heavy atom. The largest absolute Gasteiger partial charge is 0.348 e. The summed E-state index contributed by atoms with van der Waals surface area (Å²) in [5.41, 5.74) is 7.26. The predicted octanol–water partition coefficient (Wildman–Crippen LogP) is 4.04. The van der Waals surface area contributed by atoms with E-state index < -0.39 is 11.7 Å². The first-order valence-corrected chi connectivity index (χ1v) is 8.02. The van der Waals surface area contributed by atoms with Crippen molar-refractivity contribution in [3.8, 4) is 11.1 Å². The smallest absolute Gasteiger partial charge is 0.254 e. The summed E-state index contributed by atoms with van der Waals surface area (Å²) in [6.45, 7) is 0.376. The average Bonchev–Trinajstić information content (AvgIpc) is 3.37. The number of nitrogens with two attached hydrogens (primary N) is 1. The lowest BCUT2D eigenvalue weighted by Gasteiger charge is -2.16. The van der Waals surface area contributed by atoms with Crippen LogP contribution in [0, 0.1) is 11.7 Å². The van der Waals surface area contributed by atoms with Gasteiger partial charge in [-0.3, -0.25) is 4.79 Å². The van der Waals surface area contributed by atoms with Gasteiger partial charge in [0.2, 0.25) is 0 Å². The van der Waals surface area contributed by atoms with Crippen LogP contribution >= 0.6 is 24.0 Å². The van der Waals surface area contributed by atoms with Gasteiger partial charge in [-0.05, 0) is 54.2 Å². The maximum atomic E-state index is 14.3. The van der Waals surface area contributed by atoms with Gasteiger partial charge in [0.1, 0.15) is 5.82 Å². The highest BCUT2D eigenvalue weighted by molar-refractivity contribution is 6.30. The van der Waals surface area contributed by atoms with Crippen molar-refractivity contribution in [2.45, 2.75) is 18.9 Å². The fourth-order valence-corrected chi connectivity index (χ4v) is 2.76. The van der Waals surface area contributed by atoms with E-state index in [1.165, 1.54) is 12.1 Å². The monoisotopic (exact) mass is 368 g/mol. The van der Waals surface area contributed by atoms with Crippen LogP contribution in [0.4, 0.5) is 4.39 Å². The Morgan fingerprint density at radius 3 is 2.38 bits per heavy atom. The highest BCUT2D eigenvalue weighted by atomic mass is 35.5. The number of rotatable bonds is 5. The molecule has 3 N–H and O–H groups in total. The molecule has 1 fully saturated rings. The molecule has 128 valence electrons. The van der Waals surface area contributed by atoms with E-state index in [1.807, 2.05) is 12.1 Å². The van der Waals surface area contributed by atoms with Gasteiger partial charge in [0, 0.05) is 17.6 Å². The van der Waals surface area contributed by atoms with Crippen molar-refractivity contribution in [1.29, 1.82) is 0 Å². The molecule has 2 aromatic carbocycles. The number of amides is 1. The molecule has 6 heteroatoms. The summed E-state index contributed by atoms with van der Waals surface area (Å²) in [6.07, 6.45) is 2.14. The number of carbonyl (C=O) groups is 1. The van der Waals surface area contributed by atoms with Crippen molar-refractivity contribution in [3.05, 3.63) is 58.9 Å². The van der Waals surface area contributed by atoms with Gasteiger partial charge in [0.15, 0.2) is 0 Å². The molecule has 0 aromatic heterocycles. The third-order valence-electron chi connectivity index (χ3n) is 4.15. The van der Waals surface area contributed by atoms with E-state index in [0.29, 0.717) is 23.0 Å². The van der Waals surface area contributed by atoms with E-state index in [-0.39, 0.29) is 24.0 Å². The second-order valence-electron chi connectivity index (χ2n) is 5.85. The quantitative estimate of drug-likeness (QED) is 0.836. The molecule has 1 saturated carbocycles. The summed E-state index contributed by atoms with van der Waals surface area (Å²) < 4.78 is 14.3. The highest BCUT2D eigenvalue weighted by Gasteiger charge is 2.31. The molecule has 0 saturated heterocycles. The van der Waals surface area contributed by atoms with Crippen LogP contribution in [0.25, 0.3) is 11.1 Å². The van der Waals surface area contributed by atoms with Gasteiger partial charge in [0.25, 0.3) is 5.91 Å². The van der Waals surface area contributed by atoms with Crippen molar-refractivity contribution in [2.24, 2.45) is 11.7 Å². The lowest BCUT2D eigenvalue weighted by Crippen LogP contribution is -2.42. The van der Waals surface area contributed by atoms with Gasteiger partial charge in [-0.2, -0.15) is 0 Å². The number of benzene rings is 2. The average molecular weight is 369 g/mol. The zero-order valence-electron chi connectivity index (χ0n) is 13.0. The Bertz CT molecular complexity index is 717. The normalized spacial score (nSPS) is 14.6. The summed E-state index contributed by atoms with van der Waals surface area (Å²) in [5.74, 6) is -0.519. The minimum atomic E-state index is -0.540. The Hall–Kier alpha value is -1.62. The molecular formula is C18H19Cl2FN2O. The molecule has 1 unspecified atom stereocenters. The predicted molar refractivity (Wildman–Crippen MR) is 97.1 cm³/mol. The van der Waals surface area contributed by atoms with Crippen LogP contribution in [0.5, 0.6) is 0 Å². The Kier molecular flexibility index (Phi) is 6.21. The number of carbonyl (C=O) groups excluding carboxylic acids is 1. The summed E-state index contributed by atoms with van der Waals surface area (Å²) >= 11 is 5.85. The van der Waals surface area contributed by atoms with Crippen LogP contribution in [0.2, 0.25) is 5.02 Å². The first kappa shape index (κ1) is 18.7.